The van der Waals surface area contributed by atoms with Crippen LogP contribution in [0.4, 0.5) is 5.69 Å². The van der Waals surface area contributed by atoms with Gasteiger partial charge in [-0.2, -0.15) is 0 Å². The highest BCUT2D eigenvalue weighted by molar-refractivity contribution is 5.92. The van der Waals surface area contributed by atoms with Gasteiger partial charge in [-0.25, -0.2) is 14.6 Å². The average Bonchev–Trinajstić information content (AvgIpc) is 2.54. The first-order valence-corrected chi connectivity index (χ1v) is 6.88. The van der Waals surface area contributed by atoms with Gasteiger partial charge in [-0.05, 0) is 25.5 Å². The number of hydrogen-bond donors (Lipinski definition) is 0. The molecule has 0 fully saturated rings. The molecule has 1 aromatic carbocycles. The minimum absolute atomic E-state index is 0.199. The maximum atomic E-state index is 11.8. The summed E-state index contributed by atoms with van der Waals surface area (Å²) in [5.41, 5.74) is 1.95. The number of esters is 1. The molecule has 0 saturated heterocycles. The SMILES string of the molecule is [C-]#[N+]c1cc(C(=O)OCC)c(C)nc1OCc1ccccc1. The number of benzene rings is 1. The minimum atomic E-state index is -0.480. The van der Waals surface area contributed by atoms with E-state index in [2.05, 4.69) is 9.83 Å². The lowest BCUT2D eigenvalue weighted by Crippen LogP contribution is -2.09. The zero-order valence-corrected chi connectivity index (χ0v) is 12.5. The number of pyridine rings is 1. The van der Waals surface area contributed by atoms with Gasteiger partial charge in [0.2, 0.25) is 11.6 Å². The Morgan fingerprint density at radius 1 is 1.32 bits per heavy atom. The van der Waals surface area contributed by atoms with Crippen LogP contribution < -0.4 is 4.74 Å². The molecule has 0 saturated carbocycles. The van der Waals surface area contributed by atoms with Gasteiger partial charge >= 0.3 is 5.97 Å². The first-order chi connectivity index (χ1) is 10.7. The normalized spacial score (nSPS) is 9.86. The van der Waals surface area contributed by atoms with Crippen molar-refractivity contribution in [3.05, 3.63) is 64.6 Å². The Hall–Kier alpha value is -2.87. The van der Waals surface area contributed by atoms with Crippen molar-refractivity contribution >= 4 is 11.7 Å². The van der Waals surface area contributed by atoms with Crippen LogP contribution in [0.2, 0.25) is 0 Å². The molecule has 0 N–H and O–H groups in total. The predicted octanol–water partition coefficient (Wildman–Crippen LogP) is 3.70. The number of aryl methyl sites for hydroxylation is 1. The molecule has 22 heavy (non-hydrogen) atoms. The highest BCUT2D eigenvalue weighted by Gasteiger charge is 2.16. The molecule has 1 aromatic heterocycles. The van der Waals surface area contributed by atoms with E-state index in [1.54, 1.807) is 13.8 Å². The van der Waals surface area contributed by atoms with E-state index in [4.69, 9.17) is 16.0 Å². The van der Waals surface area contributed by atoms with Crippen molar-refractivity contribution in [3.8, 4) is 5.88 Å². The molecule has 0 radical (unpaired) electrons. The molecule has 0 aliphatic heterocycles. The summed E-state index contributed by atoms with van der Waals surface area (Å²) in [5, 5.41) is 0. The lowest BCUT2D eigenvalue weighted by molar-refractivity contribution is 0.0525. The topological polar surface area (TPSA) is 52.8 Å². The molecule has 0 bridgehead atoms. The molecular weight excluding hydrogens is 280 g/mol. The molecule has 2 aromatic rings. The summed E-state index contributed by atoms with van der Waals surface area (Å²) in [7, 11) is 0. The Labute approximate surface area is 129 Å². The number of aromatic nitrogens is 1. The van der Waals surface area contributed by atoms with Gasteiger partial charge < -0.3 is 9.47 Å². The second-order valence-electron chi connectivity index (χ2n) is 4.55. The van der Waals surface area contributed by atoms with Crippen LogP contribution in [0.3, 0.4) is 0 Å². The van der Waals surface area contributed by atoms with E-state index in [1.807, 2.05) is 30.3 Å². The van der Waals surface area contributed by atoms with E-state index < -0.39 is 5.97 Å². The van der Waals surface area contributed by atoms with Crippen molar-refractivity contribution < 1.29 is 14.3 Å². The van der Waals surface area contributed by atoms with Crippen LogP contribution in [-0.4, -0.2) is 17.6 Å². The Morgan fingerprint density at radius 3 is 2.68 bits per heavy atom. The van der Waals surface area contributed by atoms with Gasteiger partial charge in [-0.3, -0.25) is 0 Å². The molecule has 0 aliphatic rings. The van der Waals surface area contributed by atoms with Gasteiger partial charge in [0, 0.05) is 0 Å². The molecule has 0 unspecified atom stereocenters. The third kappa shape index (κ3) is 3.61. The van der Waals surface area contributed by atoms with Gasteiger partial charge in [0.05, 0.1) is 24.4 Å². The van der Waals surface area contributed by atoms with Crippen LogP contribution in [0.15, 0.2) is 36.4 Å². The van der Waals surface area contributed by atoms with Crippen molar-refractivity contribution in [1.82, 2.24) is 4.98 Å². The van der Waals surface area contributed by atoms with E-state index in [1.165, 1.54) is 6.07 Å². The molecule has 0 aliphatic carbocycles. The van der Waals surface area contributed by atoms with Crippen LogP contribution in [-0.2, 0) is 11.3 Å². The minimum Gasteiger partial charge on any atom is -0.481 e. The molecule has 0 spiro atoms. The Morgan fingerprint density at radius 2 is 2.05 bits per heavy atom. The second kappa shape index (κ2) is 7.23. The monoisotopic (exact) mass is 296 g/mol. The Kier molecular flexibility index (Phi) is 5.10. The van der Waals surface area contributed by atoms with Crippen molar-refractivity contribution in [3.63, 3.8) is 0 Å². The van der Waals surface area contributed by atoms with Gasteiger partial charge in [-0.1, -0.05) is 30.3 Å². The third-order valence-electron chi connectivity index (χ3n) is 2.99. The fraction of sp³-hybridized carbons (Fsp3) is 0.235. The van der Waals surface area contributed by atoms with Crippen molar-refractivity contribution in [2.45, 2.75) is 20.5 Å². The number of hydrogen-bond acceptors (Lipinski definition) is 4. The fourth-order valence-corrected chi connectivity index (χ4v) is 1.90. The molecule has 5 nitrogen and oxygen atoms in total. The van der Waals surface area contributed by atoms with Gasteiger partial charge in [0.25, 0.3) is 0 Å². The van der Waals surface area contributed by atoms with Crippen LogP contribution >= 0.6 is 0 Å². The molecule has 0 amide bonds. The number of carbonyl (C=O) groups is 1. The first kappa shape index (κ1) is 15.5. The predicted molar refractivity (Wildman–Crippen MR) is 82.0 cm³/mol. The van der Waals surface area contributed by atoms with Crippen LogP contribution in [0.1, 0.15) is 28.5 Å². The summed E-state index contributed by atoms with van der Waals surface area (Å²) < 4.78 is 10.6. The summed E-state index contributed by atoms with van der Waals surface area (Å²) in [6, 6.07) is 11.1. The van der Waals surface area contributed by atoms with E-state index in [0.717, 1.165) is 5.56 Å². The van der Waals surface area contributed by atoms with E-state index in [9.17, 15) is 4.79 Å². The van der Waals surface area contributed by atoms with Crippen LogP contribution in [0.25, 0.3) is 4.85 Å². The van der Waals surface area contributed by atoms with E-state index >= 15 is 0 Å². The lowest BCUT2D eigenvalue weighted by atomic mass is 10.2. The summed E-state index contributed by atoms with van der Waals surface area (Å²) in [6.07, 6.45) is 0. The fourth-order valence-electron chi connectivity index (χ4n) is 1.90. The van der Waals surface area contributed by atoms with Gasteiger partial charge in [0.15, 0.2) is 0 Å². The number of rotatable bonds is 5. The summed E-state index contributed by atoms with van der Waals surface area (Å²) >= 11 is 0. The molecule has 2 rings (SSSR count). The number of carbonyl (C=O) groups excluding carboxylic acids is 1. The number of nitrogens with zero attached hydrogens (tertiary/aromatic N) is 2. The van der Waals surface area contributed by atoms with Crippen LogP contribution in [0.5, 0.6) is 5.88 Å². The zero-order chi connectivity index (χ0) is 15.9. The standard InChI is InChI=1S/C17H16N2O3/c1-4-21-17(20)14-10-15(18-3)16(19-12(14)2)22-11-13-8-6-5-7-9-13/h5-10H,4,11H2,1-2H3. The maximum absolute atomic E-state index is 11.8. The average molecular weight is 296 g/mol. The molecule has 0 atom stereocenters. The van der Waals surface area contributed by atoms with Crippen molar-refractivity contribution in [2.24, 2.45) is 0 Å². The van der Waals surface area contributed by atoms with E-state index in [0.29, 0.717) is 17.9 Å². The smallest absolute Gasteiger partial charge is 0.338 e. The lowest BCUT2D eigenvalue weighted by Gasteiger charge is -2.11. The highest BCUT2D eigenvalue weighted by atomic mass is 16.5. The highest BCUT2D eigenvalue weighted by Crippen LogP contribution is 2.29. The molecular formula is C17H16N2O3. The van der Waals surface area contributed by atoms with Gasteiger partial charge in [0.1, 0.15) is 6.61 Å². The first-order valence-electron chi connectivity index (χ1n) is 6.88. The largest absolute Gasteiger partial charge is 0.481 e. The van der Waals surface area contributed by atoms with Crippen molar-refractivity contribution in [1.29, 1.82) is 0 Å². The molecule has 112 valence electrons. The summed E-state index contributed by atoms with van der Waals surface area (Å²) in [6.45, 7) is 11.2. The molecule has 5 heteroatoms. The Balaban J connectivity index is 2.23. The van der Waals surface area contributed by atoms with Crippen LogP contribution in [0, 0.1) is 13.5 Å². The Bertz CT molecular complexity index is 706. The molecule has 1 heterocycles. The zero-order valence-electron chi connectivity index (χ0n) is 12.5. The van der Waals surface area contributed by atoms with Crippen molar-refractivity contribution in [2.75, 3.05) is 6.61 Å². The second-order valence-corrected chi connectivity index (χ2v) is 4.55. The van der Waals surface area contributed by atoms with E-state index in [-0.39, 0.29) is 18.2 Å². The quantitative estimate of drug-likeness (QED) is 0.623. The summed E-state index contributed by atoms with van der Waals surface area (Å²) in [5.74, 6) is -0.253. The number of ether oxygens (including phenoxy) is 2. The summed E-state index contributed by atoms with van der Waals surface area (Å²) in [4.78, 5) is 19.4. The maximum Gasteiger partial charge on any atom is 0.338 e. The third-order valence-corrected chi connectivity index (χ3v) is 2.99. The van der Waals surface area contributed by atoms with Gasteiger partial charge in [-0.15, -0.1) is 0 Å².